The van der Waals surface area contributed by atoms with E-state index < -0.39 is 0 Å². The third-order valence-electron chi connectivity index (χ3n) is 6.14. The molecule has 0 amide bonds. The molecule has 28 heavy (non-hydrogen) atoms. The summed E-state index contributed by atoms with van der Waals surface area (Å²) in [6.07, 6.45) is 5.45. The van der Waals surface area contributed by atoms with Gasteiger partial charge in [-0.15, -0.1) is 0 Å². The van der Waals surface area contributed by atoms with E-state index in [1.54, 1.807) is 20.3 Å². The summed E-state index contributed by atoms with van der Waals surface area (Å²) < 4.78 is 11.3. The van der Waals surface area contributed by atoms with Crippen molar-refractivity contribution < 1.29 is 14.6 Å². The number of benzene rings is 3. The van der Waals surface area contributed by atoms with Crippen molar-refractivity contribution in [3.63, 3.8) is 0 Å². The van der Waals surface area contributed by atoms with E-state index in [-0.39, 0.29) is 12.0 Å². The van der Waals surface area contributed by atoms with Gasteiger partial charge in [0.25, 0.3) is 0 Å². The molecule has 3 aromatic rings. The van der Waals surface area contributed by atoms with Gasteiger partial charge in [0.2, 0.25) is 0 Å². The summed E-state index contributed by atoms with van der Waals surface area (Å²) in [6, 6.07) is 15.9. The van der Waals surface area contributed by atoms with E-state index in [0.29, 0.717) is 11.7 Å². The first-order valence-corrected chi connectivity index (χ1v) is 9.61. The van der Waals surface area contributed by atoms with Crippen molar-refractivity contribution in [2.75, 3.05) is 19.5 Å². The molecule has 3 unspecified atom stereocenters. The van der Waals surface area contributed by atoms with Gasteiger partial charge >= 0.3 is 0 Å². The zero-order valence-electron chi connectivity index (χ0n) is 16.0. The van der Waals surface area contributed by atoms with Crippen LogP contribution in [0.4, 0.5) is 5.69 Å². The number of phenolic OH excluding ortho intramolecular Hbond substituents is 1. The Morgan fingerprint density at radius 2 is 1.71 bits per heavy atom. The second kappa shape index (κ2) is 6.48. The molecule has 0 fully saturated rings. The Kier molecular flexibility index (Phi) is 3.93. The highest BCUT2D eigenvalue weighted by Gasteiger charge is 2.42. The molecule has 142 valence electrons. The minimum atomic E-state index is -0.0281. The van der Waals surface area contributed by atoms with Crippen LogP contribution < -0.4 is 14.8 Å². The Balaban J connectivity index is 1.74. The van der Waals surface area contributed by atoms with E-state index in [1.807, 2.05) is 30.3 Å². The van der Waals surface area contributed by atoms with Gasteiger partial charge in [0, 0.05) is 17.0 Å². The first kappa shape index (κ1) is 17.0. The van der Waals surface area contributed by atoms with Gasteiger partial charge in [-0.25, -0.2) is 0 Å². The molecule has 0 radical (unpaired) electrons. The number of rotatable bonds is 3. The maximum atomic E-state index is 10.8. The van der Waals surface area contributed by atoms with Crippen molar-refractivity contribution in [1.29, 1.82) is 0 Å². The molecule has 0 aromatic heterocycles. The quantitative estimate of drug-likeness (QED) is 0.605. The number of anilines is 1. The van der Waals surface area contributed by atoms with Gasteiger partial charge in [-0.2, -0.15) is 0 Å². The summed E-state index contributed by atoms with van der Waals surface area (Å²) in [5, 5.41) is 16.8. The molecule has 4 heteroatoms. The van der Waals surface area contributed by atoms with Crippen molar-refractivity contribution in [3.8, 4) is 17.2 Å². The molecule has 0 saturated heterocycles. The summed E-state index contributed by atoms with van der Waals surface area (Å²) in [4.78, 5) is 0. The molecule has 4 nitrogen and oxygen atoms in total. The van der Waals surface area contributed by atoms with E-state index in [4.69, 9.17) is 9.47 Å². The Hall–Kier alpha value is -3.14. The minimum Gasteiger partial charge on any atom is -0.508 e. The van der Waals surface area contributed by atoms with Gasteiger partial charge in [0.1, 0.15) is 17.2 Å². The zero-order valence-corrected chi connectivity index (χ0v) is 16.0. The smallest absolute Gasteiger partial charge is 0.142 e. The second-order valence-electron chi connectivity index (χ2n) is 7.45. The van der Waals surface area contributed by atoms with E-state index in [1.165, 1.54) is 0 Å². The average Bonchev–Trinajstić information content (AvgIpc) is 3.22. The molecule has 2 N–H and O–H groups in total. The number of fused-ring (bicyclic) bond motifs is 4. The Morgan fingerprint density at radius 3 is 2.54 bits per heavy atom. The predicted octanol–water partition coefficient (Wildman–Crippen LogP) is 5.39. The Morgan fingerprint density at radius 1 is 0.929 bits per heavy atom. The van der Waals surface area contributed by atoms with E-state index in [0.717, 1.165) is 45.5 Å². The summed E-state index contributed by atoms with van der Waals surface area (Å²) >= 11 is 0. The molecule has 0 saturated carbocycles. The molecule has 0 spiro atoms. The average molecular weight is 373 g/mol. The molecule has 5 rings (SSSR count). The van der Waals surface area contributed by atoms with Crippen LogP contribution in [0, 0.1) is 5.92 Å². The molecular formula is C24H23NO3. The third-order valence-corrected chi connectivity index (χ3v) is 6.14. The normalized spacial score (nSPS) is 22.4. The van der Waals surface area contributed by atoms with Gasteiger partial charge in [-0.1, -0.05) is 42.5 Å². The first-order valence-electron chi connectivity index (χ1n) is 9.61. The van der Waals surface area contributed by atoms with Gasteiger partial charge in [0.05, 0.1) is 25.9 Å². The lowest BCUT2D eigenvalue weighted by atomic mass is 9.75. The van der Waals surface area contributed by atoms with Crippen LogP contribution in [-0.4, -0.2) is 19.3 Å². The largest absolute Gasteiger partial charge is 0.508 e. The molecule has 1 aliphatic carbocycles. The number of nitrogens with one attached hydrogen (secondary N) is 1. The number of methoxy groups -OCH3 is 2. The van der Waals surface area contributed by atoms with Gasteiger partial charge in [-0.3, -0.25) is 0 Å². The highest BCUT2D eigenvalue weighted by molar-refractivity contribution is 5.89. The van der Waals surface area contributed by atoms with Crippen LogP contribution in [0.25, 0.3) is 10.8 Å². The predicted molar refractivity (Wildman–Crippen MR) is 112 cm³/mol. The lowest BCUT2D eigenvalue weighted by molar-refractivity contribution is 0.366. The lowest BCUT2D eigenvalue weighted by Gasteiger charge is -2.39. The lowest BCUT2D eigenvalue weighted by Crippen LogP contribution is -2.30. The standard InChI is InChI=1S/C24H23NO3/c1-27-19-12-13-20(28-2)24-22(19)16-8-5-9-17(16)23(25-24)21-15-7-4-3-6-14(15)10-11-18(21)26/h3-8,10-13,16-17,23,25-26H,9H2,1-2H3. The van der Waals surface area contributed by atoms with Crippen LogP contribution in [0.3, 0.4) is 0 Å². The van der Waals surface area contributed by atoms with Crippen molar-refractivity contribution in [1.82, 2.24) is 0 Å². The summed E-state index contributed by atoms with van der Waals surface area (Å²) in [5.41, 5.74) is 3.04. The van der Waals surface area contributed by atoms with Crippen molar-refractivity contribution in [3.05, 3.63) is 71.8 Å². The fraction of sp³-hybridized carbons (Fsp3) is 0.250. The number of ether oxygens (including phenoxy) is 2. The van der Waals surface area contributed by atoms with Crippen LogP contribution in [0.1, 0.15) is 29.5 Å². The molecule has 2 aliphatic rings. The summed E-state index contributed by atoms with van der Waals surface area (Å²) in [5.74, 6) is 2.49. The number of phenols is 1. The molecular weight excluding hydrogens is 350 g/mol. The SMILES string of the molecule is COc1ccc(OC)c2c1NC(c1c(O)ccc3ccccc13)C1CC=CC21. The molecule has 1 heterocycles. The maximum Gasteiger partial charge on any atom is 0.142 e. The number of hydrogen-bond acceptors (Lipinski definition) is 4. The van der Waals surface area contributed by atoms with E-state index in [9.17, 15) is 5.11 Å². The van der Waals surface area contributed by atoms with Gasteiger partial charge in [0.15, 0.2) is 0 Å². The summed E-state index contributed by atoms with van der Waals surface area (Å²) in [6.45, 7) is 0. The third kappa shape index (κ3) is 2.37. The Labute approximate surface area is 164 Å². The molecule has 1 aliphatic heterocycles. The minimum absolute atomic E-state index is 0.0281. The Bertz CT molecular complexity index is 1090. The number of aromatic hydroxyl groups is 1. The van der Waals surface area contributed by atoms with Crippen molar-refractivity contribution in [2.45, 2.75) is 18.4 Å². The fourth-order valence-corrected chi connectivity index (χ4v) is 4.89. The molecule has 3 aromatic carbocycles. The van der Waals surface area contributed by atoms with Crippen LogP contribution in [-0.2, 0) is 0 Å². The summed E-state index contributed by atoms with van der Waals surface area (Å²) in [7, 11) is 3.39. The number of allylic oxidation sites excluding steroid dienone is 2. The van der Waals surface area contributed by atoms with Crippen molar-refractivity contribution >= 4 is 16.5 Å². The van der Waals surface area contributed by atoms with Crippen LogP contribution in [0.15, 0.2) is 60.7 Å². The van der Waals surface area contributed by atoms with Crippen LogP contribution in [0.2, 0.25) is 0 Å². The van der Waals surface area contributed by atoms with E-state index >= 15 is 0 Å². The van der Waals surface area contributed by atoms with Crippen LogP contribution >= 0.6 is 0 Å². The van der Waals surface area contributed by atoms with Crippen molar-refractivity contribution in [2.24, 2.45) is 5.92 Å². The highest BCUT2D eigenvalue weighted by Crippen LogP contribution is 2.56. The van der Waals surface area contributed by atoms with Gasteiger partial charge in [-0.05, 0) is 41.3 Å². The molecule has 0 bridgehead atoms. The second-order valence-corrected chi connectivity index (χ2v) is 7.45. The topological polar surface area (TPSA) is 50.7 Å². The fourth-order valence-electron chi connectivity index (χ4n) is 4.89. The zero-order chi connectivity index (χ0) is 19.3. The first-order chi connectivity index (χ1) is 13.7. The van der Waals surface area contributed by atoms with Crippen LogP contribution in [0.5, 0.6) is 17.2 Å². The van der Waals surface area contributed by atoms with Gasteiger partial charge < -0.3 is 19.9 Å². The van der Waals surface area contributed by atoms with E-state index in [2.05, 4.69) is 29.6 Å². The molecule has 3 atom stereocenters. The maximum absolute atomic E-state index is 10.8. The monoisotopic (exact) mass is 373 g/mol. The number of hydrogen-bond donors (Lipinski definition) is 2. The highest BCUT2D eigenvalue weighted by atomic mass is 16.5.